The van der Waals surface area contributed by atoms with E-state index in [1.165, 1.54) is 0 Å². The van der Waals surface area contributed by atoms with Gasteiger partial charge >= 0.3 is 591 Å². The Bertz CT molecular complexity index is 5920. The van der Waals surface area contributed by atoms with Crippen LogP contribution in [0.3, 0.4) is 0 Å². The Labute approximate surface area is 1090 Å². The maximum Gasteiger partial charge on any atom is 1.00 e. The first-order chi connectivity index (χ1) is 55.0. The Morgan fingerprint density at radius 2 is 0.246 bits per heavy atom. The van der Waals surface area contributed by atoms with Crippen molar-refractivity contribution in [2.45, 2.75) is 154 Å². The molecule has 77 nitrogen and oxygen atoms in total. The van der Waals surface area contributed by atoms with Gasteiger partial charge < -0.3 is 42.6 Å². The molecule has 5 rings (SSSR count). The average molecular weight is 2510 g/mol. The molecule has 736 valence electrons. The fourth-order valence-electron chi connectivity index (χ4n) is 10.5. The first-order valence-electron chi connectivity index (χ1n) is 28.8. The molecule has 0 saturated carbocycles. The summed E-state index contributed by atoms with van der Waals surface area (Å²) < 4.78 is 713. The second-order valence-corrected chi connectivity index (χ2v) is 40.6. The first kappa shape index (κ1) is 169. The fraction of sp³-hybridized carbons (Fsp3) is 1.00. The van der Waals surface area contributed by atoms with Gasteiger partial charge in [-0.25, -0.2) is 71.1 Å². The van der Waals surface area contributed by atoms with Gasteiger partial charge in [0.1, 0.15) is 91.6 Å². The normalized spacial score (nSPS) is 29.5. The Balaban J connectivity index is -0.00000146. The summed E-state index contributed by atoms with van der Waals surface area (Å²) in [5, 5.41) is 0. The van der Waals surface area contributed by atoms with Crippen molar-refractivity contribution in [1.29, 1.82) is 0 Å². The van der Waals surface area contributed by atoms with Crippen LogP contribution in [0.15, 0.2) is 0 Å². The molecule has 0 radical (unpaired) electrons. The molecule has 0 aromatic carbocycles. The van der Waals surface area contributed by atoms with Crippen LogP contribution in [0, 0.1) is 0 Å². The minimum Gasteiger partial charge on any atom is -0.341 e. The summed E-state index contributed by atoms with van der Waals surface area (Å²) in [5.74, 6) is 0. The molecule has 5 saturated heterocycles. The topological polar surface area (TPSA) is 1160 Å². The molecular weight excluding hydrogens is 2460 g/mol. The molecule has 0 aliphatic carbocycles. The minimum atomic E-state index is -7.18. The van der Waals surface area contributed by atoms with Crippen molar-refractivity contribution in [2.75, 3.05) is 33.0 Å². The second kappa shape index (κ2) is 67.0. The monoisotopic (exact) mass is 2510 g/mol. The Morgan fingerprint density at radius 1 is 0.138 bits per heavy atom. The van der Waals surface area contributed by atoms with Crippen molar-refractivity contribution in [3.05, 3.63) is 0 Å². The maximum atomic E-state index is 13.3. The fourth-order valence-corrected chi connectivity index (χ4v) is 17.9. The van der Waals surface area contributed by atoms with Crippen molar-refractivity contribution >= 4 is 177 Å². The molecule has 0 aromatic rings. The van der Waals surface area contributed by atoms with Gasteiger partial charge in [0.2, 0.25) is 6.29 Å². The summed E-state index contributed by atoms with van der Waals surface area (Å²) in [7, 11) is -114. The molecule has 108 heteroatoms. The predicted octanol–water partition coefficient (Wildman–Crippen LogP) is -56.8. The quantitative estimate of drug-likeness (QED) is 0.0199. The van der Waals surface area contributed by atoms with E-state index in [0.29, 0.717) is 0 Å². The van der Waals surface area contributed by atoms with Crippen molar-refractivity contribution in [3.63, 3.8) is 0 Å². The van der Waals surface area contributed by atoms with E-state index in [1.807, 2.05) is 0 Å². The van der Waals surface area contributed by atoms with Crippen LogP contribution in [0.4, 0.5) is 0 Å². The van der Waals surface area contributed by atoms with Crippen LogP contribution in [0.25, 0.3) is 0 Å². The largest absolute Gasteiger partial charge is 1.00 e. The second-order valence-electron chi connectivity index (χ2n) is 22.6. The van der Waals surface area contributed by atoms with Gasteiger partial charge in [-0.3, -0.25) is 77.4 Å². The van der Waals surface area contributed by atoms with Crippen LogP contribution < -0.4 is 414 Å². The summed E-state index contributed by atoms with van der Waals surface area (Å²) in [4.78, 5) is 0. The van der Waals surface area contributed by atoms with Gasteiger partial charge in [0.05, 0.1) is 33.0 Å². The van der Waals surface area contributed by atoms with Gasteiger partial charge in [0.25, 0.3) is 0 Å². The van der Waals surface area contributed by atoms with E-state index >= 15 is 0 Å². The zero-order valence-electron chi connectivity index (χ0n) is 71.0. The molecule has 5 aliphatic rings. The zero-order valence-corrected chi connectivity index (χ0v) is 113. The maximum absolute atomic E-state index is 13.3. The van der Waals surface area contributed by atoms with E-state index in [9.17, 15) is 220 Å². The SMILES string of the molecule is O=S(=O)(O)OC[C@H]1O[C@H](OC2[C@@H](OS(=O)(=O)O)[C@H](OS(=O)(=O)O)O[C@H](COS(=O)(=O)O)[C@H]2OS(=O)(=O)O)[C@H](OS(=O)(=O)O)[C@@H](O[C@H]2O[C@H](COS(=O)(=O)O)[C@@H](OS(=O)(=O)O)[C@H](O[C@H]3O[C@H](COS(=O)(=O)O)[C@@H](OS(=O)(=O)O)[C@H](O[C@H]4O[C@H](COS(=O)(=O)O)[C@@H](OS(=O)(=O)O)[C@H](OS(=O)(=O)O)[C@H]4OS(=O)(=O)O)[C@H]3OS(=O)(=O)O)[C@H]2OS(=O)(=O)O)[C@@H]1OS(=O)(=O)O.[Na+].[Na+].[Na+].[Na+].[Na+].[Na+].[Na+].[Na+].[Na+].[Na+].[Na+].[Na+].[Na+].[Na+]. The smallest absolute Gasteiger partial charge is 0.341 e. The van der Waals surface area contributed by atoms with E-state index in [4.69, 9.17) is 42.6 Å². The van der Waals surface area contributed by atoms with Gasteiger partial charge in [-0.05, 0) is 0 Å². The van der Waals surface area contributed by atoms with E-state index in [0.717, 1.165) is 0 Å². The summed E-state index contributed by atoms with van der Waals surface area (Å²) in [5.41, 5.74) is 0. The number of ether oxygens (including phenoxy) is 9. The van der Waals surface area contributed by atoms with Crippen LogP contribution >= 0.6 is 0 Å². The number of hydrogen-bond acceptors (Lipinski definition) is 60. The number of hydrogen-bond donors (Lipinski definition) is 17. The van der Waals surface area contributed by atoms with Gasteiger partial charge in [-0.15, -0.1) is 0 Å². The van der Waals surface area contributed by atoms with Gasteiger partial charge in [0.15, 0.2) is 55.7 Å². The molecule has 5 aliphatic heterocycles. The van der Waals surface area contributed by atoms with E-state index < -0.39 is 363 Å². The van der Waals surface area contributed by atoms with Crippen LogP contribution in [-0.2, 0) is 291 Å². The standard InChI is InChI=1S/C30H52O77S17.14Na/c31-108(32,33)82-1-6-11(96-113(46,47)48)16(92-27-23(104-121(70,71)72)18(13(98-115(52,53)54)8(88-27)3-84-110(37,38)39)94-29-25(106-123(76,77)78)20(101-118(61,62)63)15(100-117(58,59)60)10(90-29)5-86-112(43,44)45)21(102-119(64,65)66)26(87-6)93-17-12(97-114(49,50)51)7(2-83-109(34,35)36)89-28(22(17)103-120(67,68)69)95-19-14(99-116(55,56)57)9(4-85-111(40,41)42)91-30(107-124(79,80)81)24(19)105-122(73,74)75;;;;;;;;;;;;;;/h6-30H,1-5H2,(H,31,32,33)(H,34,35,36)(H,37,38,39)(H,40,41,42)(H,43,44,45)(H,46,47,48)(H,49,50,51)(H,52,53,54)(H,55,56,57)(H,58,59,60)(H,61,62,63)(H,64,65,66)(H,67,68,69)(H,70,71,72)(H,73,74,75)(H,76,77,78)(H,79,80,81);;;;;;;;;;;;;;/q;14*+1/t6-,7-,8-,9-,10-,11-,12-,13-,14-,15-,16+,17+,18+,19?,20+,21-,22-,23-,24-,25-,26-,27-,28-,29-,30+;;;;;;;;;;;;;;/m1............../s1. The molecule has 138 heavy (non-hydrogen) atoms. The summed E-state index contributed by atoms with van der Waals surface area (Å²) in [6, 6.07) is 0. The summed E-state index contributed by atoms with van der Waals surface area (Å²) >= 11 is 0. The molecule has 0 aromatic heterocycles. The van der Waals surface area contributed by atoms with Crippen molar-refractivity contribution < 1.29 is 748 Å². The summed E-state index contributed by atoms with van der Waals surface area (Å²) in [6.45, 7) is -12.5. The van der Waals surface area contributed by atoms with Crippen LogP contribution in [0.5, 0.6) is 0 Å². The van der Waals surface area contributed by atoms with E-state index in [1.54, 1.807) is 0 Å². The number of rotatable bonds is 47. The third kappa shape index (κ3) is 66.9. The van der Waals surface area contributed by atoms with Crippen LogP contribution in [0.1, 0.15) is 0 Å². The van der Waals surface area contributed by atoms with Gasteiger partial charge in [0, 0.05) is 0 Å². The van der Waals surface area contributed by atoms with Crippen molar-refractivity contribution in [1.82, 2.24) is 0 Å². The predicted molar refractivity (Wildman–Crippen MR) is 344 cm³/mol. The molecule has 1 unspecified atom stereocenters. The molecule has 5 heterocycles. The Hall–Kier alpha value is 11.4. The van der Waals surface area contributed by atoms with Gasteiger partial charge in [-0.2, -0.15) is 143 Å². The van der Waals surface area contributed by atoms with Crippen LogP contribution in [0.2, 0.25) is 0 Å². The molecule has 0 amide bonds. The van der Waals surface area contributed by atoms with Crippen molar-refractivity contribution in [2.24, 2.45) is 0 Å². The van der Waals surface area contributed by atoms with Gasteiger partial charge in [-0.1, -0.05) is 0 Å². The Kier molecular flexibility index (Phi) is 82.2. The molecular formula is C30H52Na14O77S17+14. The third-order valence-electron chi connectivity index (χ3n) is 13.8. The van der Waals surface area contributed by atoms with E-state index in [2.05, 4.69) is 71.1 Å². The minimum absolute atomic E-state index is 0. The zero-order chi connectivity index (χ0) is 95.9. The molecule has 0 bridgehead atoms. The van der Waals surface area contributed by atoms with Crippen molar-refractivity contribution in [3.8, 4) is 0 Å². The molecule has 17 N–H and O–H groups in total. The molecule has 0 spiro atoms. The van der Waals surface area contributed by atoms with E-state index in [-0.39, 0.29) is 414 Å². The summed E-state index contributed by atoms with van der Waals surface area (Å²) in [6.07, 6.45) is -99.5. The van der Waals surface area contributed by atoms with Crippen LogP contribution in [-0.4, -0.2) is 407 Å². The Morgan fingerprint density at radius 3 is 0.384 bits per heavy atom. The first-order valence-corrected chi connectivity index (χ1v) is 52.0. The average Bonchev–Trinajstić information content (AvgIpc) is 0.751. The molecule has 5 fully saturated rings. The molecule has 25 atom stereocenters. The third-order valence-corrected chi connectivity index (χ3v) is 21.5.